The van der Waals surface area contributed by atoms with E-state index in [4.69, 9.17) is 4.74 Å². The van der Waals surface area contributed by atoms with Crippen LogP contribution in [0.4, 0.5) is 0 Å². The molecule has 0 N–H and O–H groups in total. The lowest BCUT2D eigenvalue weighted by atomic mass is 10.1. The fraction of sp³-hybridized carbons (Fsp3) is 0.136. The van der Waals surface area contributed by atoms with Crippen molar-refractivity contribution in [3.63, 3.8) is 0 Å². The molecule has 0 radical (unpaired) electrons. The van der Waals surface area contributed by atoms with Crippen molar-refractivity contribution in [2.45, 2.75) is 24.2 Å². The number of aryl methyl sites for hydroxylation is 1. The summed E-state index contributed by atoms with van der Waals surface area (Å²) in [5.74, 6) is -0.597. The van der Waals surface area contributed by atoms with Gasteiger partial charge in [-0.2, -0.15) is 0 Å². The minimum Gasteiger partial charge on any atom is -0.335 e. The molecule has 1 heterocycles. The smallest absolute Gasteiger partial charge is 0.272 e. The minimum atomic E-state index is -4.08. The van der Waals surface area contributed by atoms with E-state index in [0.29, 0.717) is 11.1 Å². The van der Waals surface area contributed by atoms with Gasteiger partial charge in [0.2, 0.25) is 0 Å². The van der Waals surface area contributed by atoms with Crippen molar-refractivity contribution in [1.29, 1.82) is 0 Å². The summed E-state index contributed by atoms with van der Waals surface area (Å²) in [4.78, 5) is 13.3. The quantitative estimate of drug-likeness (QED) is 0.673. The zero-order valence-electron chi connectivity index (χ0n) is 15.2. The van der Waals surface area contributed by atoms with Crippen molar-refractivity contribution in [3.8, 4) is 0 Å². The highest BCUT2D eigenvalue weighted by Crippen LogP contribution is 2.42. The van der Waals surface area contributed by atoms with Crippen molar-refractivity contribution in [2.75, 3.05) is 0 Å². The molecule has 1 saturated heterocycles. The summed E-state index contributed by atoms with van der Waals surface area (Å²) in [6, 6.07) is 24.3. The molecule has 6 heteroatoms. The van der Waals surface area contributed by atoms with Crippen LogP contribution in [0.3, 0.4) is 0 Å². The summed E-state index contributed by atoms with van der Waals surface area (Å²) in [6.45, 7) is 1.87. The lowest BCUT2D eigenvalue weighted by Crippen LogP contribution is -2.35. The molecule has 0 unspecified atom stereocenters. The second kappa shape index (κ2) is 7.22. The Bertz CT molecular complexity index is 1080. The molecule has 0 saturated carbocycles. The number of carbonyl (C=O) groups excluding carboxylic acids is 1. The molecule has 142 valence electrons. The molecule has 1 aliphatic heterocycles. The van der Waals surface area contributed by atoms with E-state index in [0.717, 1.165) is 9.87 Å². The van der Waals surface area contributed by atoms with E-state index in [-0.39, 0.29) is 4.90 Å². The SMILES string of the molecule is Cc1ccc(S(=O)(=O)N2C(=O)[C@H](c3ccccc3)O[C@@H]2c2ccccc2)cc1. The lowest BCUT2D eigenvalue weighted by molar-refractivity contribution is -0.127. The second-order valence-corrected chi connectivity index (χ2v) is 8.46. The summed E-state index contributed by atoms with van der Waals surface area (Å²) in [7, 11) is -4.08. The van der Waals surface area contributed by atoms with E-state index in [9.17, 15) is 13.2 Å². The van der Waals surface area contributed by atoms with Gasteiger partial charge in [-0.25, -0.2) is 12.7 Å². The Morgan fingerprint density at radius 3 is 1.89 bits per heavy atom. The topological polar surface area (TPSA) is 63.7 Å². The van der Waals surface area contributed by atoms with Crippen LogP contribution in [-0.4, -0.2) is 18.6 Å². The molecule has 1 amide bonds. The summed E-state index contributed by atoms with van der Waals surface area (Å²) >= 11 is 0. The Morgan fingerprint density at radius 2 is 1.32 bits per heavy atom. The van der Waals surface area contributed by atoms with Gasteiger partial charge in [-0.15, -0.1) is 0 Å². The molecule has 4 rings (SSSR count). The maximum absolute atomic E-state index is 13.3. The molecule has 28 heavy (non-hydrogen) atoms. The van der Waals surface area contributed by atoms with E-state index < -0.39 is 28.3 Å². The monoisotopic (exact) mass is 393 g/mol. The van der Waals surface area contributed by atoms with Crippen molar-refractivity contribution < 1.29 is 17.9 Å². The number of carbonyl (C=O) groups is 1. The fourth-order valence-corrected chi connectivity index (χ4v) is 4.69. The van der Waals surface area contributed by atoms with Gasteiger partial charge in [-0.3, -0.25) is 4.79 Å². The molecule has 1 fully saturated rings. The van der Waals surface area contributed by atoms with Crippen LogP contribution in [0.2, 0.25) is 0 Å². The molecule has 0 aromatic heterocycles. The Kier molecular flexibility index (Phi) is 4.75. The highest BCUT2D eigenvalue weighted by Gasteiger charge is 2.48. The van der Waals surface area contributed by atoms with Crippen LogP contribution in [0.25, 0.3) is 0 Å². The van der Waals surface area contributed by atoms with Gasteiger partial charge in [0.05, 0.1) is 4.90 Å². The van der Waals surface area contributed by atoms with E-state index in [1.165, 1.54) is 12.1 Å². The van der Waals surface area contributed by atoms with Crippen LogP contribution in [0.15, 0.2) is 89.8 Å². The average molecular weight is 393 g/mol. The predicted molar refractivity (Wildman–Crippen MR) is 105 cm³/mol. The van der Waals surface area contributed by atoms with Crippen molar-refractivity contribution in [2.24, 2.45) is 0 Å². The first-order chi connectivity index (χ1) is 13.5. The molecule has 5 nitrogen and oxygen atoms in total. The van der Waals surface area contributed by atoms with Gasteiger partial charge in [0.1, 0.15) is 0 Å². The predicted octanol–water partition coefficient (Wildman–Crippen LogP) is 3.98. The van der Waals surface area contributed by atoms with Crippen LogP contribution < -0.4 is 0 Å². The van der Waals surface area contributed by atoms with E-state index >= 15 is 0 Å². The number of nitrogens with zero attached hydrogens (tertiary/aromatic N) is 1. The molecular weight excluding hydrogens is 374 g/mol. The molecule has 3 aromatic rings. The van der Waals surface area contributed by atoms with E-state index in [1.54, 1.807) is 60.7 Å². The highest BCUT2D eigenvalue weighted by atomic mass is 32.2. The van der Waals surface area contributed by atoms with Gasteiger partial charge in [0.25, 0.3) is 15.9 Å². The number of rotatable bonds is 4. The molecule has 0 spiro atoms. The highest BCUT2D eigenvalue weighted by molar-refractivity contribution is 7.89. The zero-order chi connectivity index (χ0) is 19.7. The maximum Gasteiger partial charge on any atom is 0.272 e. The summed E-state index contributed by atoms with van der Waals surface area (Å²) < 4.78 is 33.5. The summed E-state index contributed by atoms with van der Waals surface area (Å²) in [6.07, 6.45) is -2.00. The molecule has 3 aromatic carbocycles. The van der Waals surface area contributed by atoms with E-state index in [1.807, 2.05) is 19.1 Å². The standard InChI is InChI=1S/C22H19NO4S/c1-16-12-14-19(15-13-16)28(25,26)23-21(24)20(17-8-4-2-5-9-17)27-22(23)18-10-6-3-7-11-18/h2-15,20,22H,1H3/t20-,22+/m0/s1. The van der Waals surface area contributed by atoms with Crippen molar-refractivity contribution in [3.05, 3.63) is 102 Å². The zero-order valence-corrected chi connectivity index (χ0v) is 16.0. The number of hydrogen-bond donors (Lipinski definition) is 0. The summed E-state index contributed by atoms with van der Waals surface area (Å²) in [5, 5.41) is 0. The third-order valence-electron chi connectivity index (χ3n) is 4.68. The first kappa shape index (κ1) is 18.4. The van der Waals surface area contributed by atoms with Crippen LogP contribution in [0, 0.1) is 6.92 Å². The van der Waals surface area contributed by atoms with Crippen molar-refractivity contribution >= 4 is 15.9 Å². The van der Waals surface area contributed by atoms with Gasteiger partial charge in [0.15, 0.2) is 12.3 Å². The molecular formula is C22H19NO4S. The molecule has 0 aliphatic carbocycles. The van der Waals surface area contributed by atoms with Gasteiger partial charge >= 0.3 is 0 Å². The van der Waals surface area contributed by atoms with Crippen LogP contribution in [0.5, 0.6) is 0 Å². The van der Waals surface area contributed by atoms with Crippen LogP contribution in [-0.2, 0) is 19.6 Å². The Hall–Kier alpha value is -2.96. The van der Waals surface area contributed by atoms with Gasteiger partial charge < -0.3 is 4.74 Å². The lowest BCUT2D eigenvalue weighted by Gasteiger charge is -2.23. The Labute approximate surface area is 164 Å². The van der Waals surface area contributed by atoms with Crippen molar-refractivity contribution in [1.82, 2.24) is 4.31 Å². The number of sulfonamides is 1. The van der Waals surface area contributed by atoms with Gasteiger partial charge in [-0.05, 0) is 24.6 Å². The summed E-state index contributed by atoms with van der Waals surface area (Å²) in [5.41, 5.74) is 2.16. The number of hydrogen-bond acceptors (Lipinski definition) is 4. The van der Waals surface area contributed by atoms with Crippen LogP contribution in [0.1, 0.15) is 29.0 Å². The minimum absolute atomic E-state index is 0.0599. The number of benzene rings is 3. The first-order valence-electron chi connectivity index (χ1n) is 8.89. The largest absolute Gasteiger partial charge is 0.335 e. The van der Waals surface area contributed by atoms with Gasteiger partial charge in [0, 0.05) is 5.56 Å². The van der Waals surface area contributed by atoms with E-state index in [2.05, 4.69) is 0 Å². The van der Waals surface area contributed by atoms with Gasteiger partial charge in [-0.1, -0.05) is 78.4 Å². The number of amides is 1. The second-order valence-electron chi connectivity index (χ2n) is 6.64. The third kappa shape index (κ3) is 3.21. The fourth-order valence-electron chi connectivity index (χ4n) is 3.22. The normalized spacial score (nSPS) is 19.8. The third-order valence-corrected chi connectivity index (χ3v) is 6.44. The molecule has 1 aliphatic rings. The average Bonchev–Trinajstić information content (AvgIpc) is 3.07. The molecule has 0 bridgehead atoms. The molecule has 2 atom stereocenters. The van der Waals surface area contributed by atoms with Crippen LogP contribution >= 0.6 is 0 Å². The first-order valence-corrected chi connectivity index (χ1v) is 10.3. The Balaban J connectivity index is 1.81. The maximum atomic E-state index is 13.3. The number of ether oxygens (including phenoxy) is 1. The Morgan fingerprint density at radius 1 is 0.786 bits per heavy atom.